The van der Waals surface area contributed by atoms with Crippen LogP contribution in [0.4, 0.5) is 0 Å². The highest BCUT2D eigenvalue weighted by Crippen LogP contribution is 2.09. The maximum atomic E-state index is 11.8. The van der Waals surface area contributed by atoms with Crippen LogP contribution in [0.1, 0.15) is 41.5 Å². The average molecular weight is 201 g/mol. The summed E-state index contributed by atoms with van der Waals surface area (Å²) in [7, 11) is 0. The molecular formula is C11H23NO2. The van der Waals surface area contributed by atoms with Gasteiger partial charge in [-0.05, 0) is 33.6 Å². The number of ether oxygens (including phenoxy) is 1. The first-order chi connectivity index (χ1) is 6.28. The summed E-state index contributed by atoms with van der Waals surface area (Å²) in [5, 5.41) is 2.92. The normalized spacial score (nSPS) is 14.2. The summed E-state index contributed by atoms with van der Waals surface area (Å²) in [5.41, 5.74) is -0.193. The maximum absolute atomic E-state index is 11.8. The molecule has 1 amide bonds. The SMILES string of the molecule is CCOC(C(=O)NC(C)(C)C)C(C)C. The first kappa shape index (κ1) is 13.4. The van der Waals surface area contributed by atoms with Crippen molar-refractivity contribution in [3.05, 3.63) is 0 Å². The maximum Gasteiger partial charge on any atom is 0.249 e. The number of carbonyl (C=O) groups is 1. The van der Waals surface area contributed by atoms with Gasteiger partial charge in [0.1, 0.15) is 6.10 Å². The molecule has 3 nitrogen and oxygen atoms in total. The standard InChI is InChI=1S/C11H23NO2/c1-7-14-9(8(2)3)10(13)12-11(4,5)6/h8-9H,7H2,1-6H3,(H,12,13). The molecule has 84 valence electrons. The second-order valence-corrected chi connectivity index (χ2v) is 4.86. The lowest BCUT2D eigenvalue weighted by Gasteiger charge is -2.26. The van der Waals surface area contributed by atoms with E-state index >= 15 is 0 Å². The van der Waals surface area contributed by atoms with Crippen LogP contribution < -0.4 is 5.32 Å². The molecule has 1 atom stereocenters. The van der Waals surface area contributed by atoms with Gasteiger partial charge in [0.2, 0.25) is 5.91 Å². The minimum absolute atomic E-state index is 0.0191. The van der Waals surface area contributed by atoms with Crippen LogP contribution in [0.25, 0.3) is 0 Å². The van der Waals surface area contributed by atoms with Gasteiger partial charge in [0, 0.05) is 12.1 Å². The molecule has 1 unspecified atom stereocenters. The van der Waals surface area contributed by atoms with Crippen molar-refractivity contribution in [1.82, 2.24) is 5.32 Å². The fourth-order valence-corrected chi connectivity index (χ4v) is 1.19. The Balaban J connectivity index is 4.30. The molecule has 0 bridgehead atoms. The third kappa shape index (κ3) is 5.22. The second kappa shape index (κ2) is 5.35. The van der Waals surface area contributed by atoms with E-state index < -0.39 is 0 Å². The summed E-state index contributed by atoms with van der Waals surface area (Å²) in [5.74, 6) is 0.187. The molecule has 0 saturated carbocycles. The highest BCUT2D eigenvalue weighted by molar-refractivity contribution is 5.81. The molecular weight excluding hydrogens is 178 g/mol. The zero-order valence-electron chi connectivity index (χ0n) is 10.2. The molecule has 0 saturated heterocycles. The van der Waals surface area contributed by atoms with Crippen molar-refractivity contribution in [1.29, 1.82) is 0 Å². The smallest absolute Gasteiger partial charge is 0.249 e. The summed E-state index contributed by atoms with van der Waals surface area (Å²) >= 11 is 0. The molecule has 0 aromatic carbocycles. The molecule has 0 aliphatic rings. The second-order valence-electron chi connectivity index (χ2n) is 4.86. The van der Waals surface area contributed by atoms with Gasteiger partial charge in [-0.25, -0.2) is 0 Å². The molecule has 0 fully saturated rings. The molecule has 1 N–H and O–H groups in total. The number of rotatable bonds is 4. The van der Waals surface area contributed by atoms with E-state index in [0.29, 0.717) is 6.61 Å². The largest absolute Gasteiger partial charge is 0.368 e. The third-order valence-electron chi connectivity index (χ3n) is 1.71. The molecule has 3 heteroatoms. The lowest BCUT2D eigenvalue weighted by molar-refractivity contribution is -0.136. The van der Waals surface area contributed by atoms with Crippen LogP contribution in [0.2, 0.25) is 0 Å². The van der Waals surface area contributed by atoms with Crippen molar-refractivity contribution in [2.45, 2.75) is 53.2 Å². The molecule has 0 aliphatic heterocycles. The zero-order valence-corrected chi connectivity index (χ0v) is 10.2. The van der Waals surface area contributed by atoms with E-state index in [1.807, 2.05) is 41.5 Å². The Labute approximate surface area is 87.2 Å². The molecule has 0 heterocycles. The van der Waals surface area contributed by atoms with Crippen LogP contribution in [-0.4, -0.2) is 24.2 Å². The highest BCUT2D eigenvalue weighted by atomic mass is 16.5. The Morgan fingerprint density at radius 1 is 1.36 bits per heavy atom. The minimum Gasteiger partial charge on any atom is -0.368 e. The summed E-state index contributed by atoms with van der Waals surface area (Å²) in [6.45, 7) is 12.3. The summed E-state index contributed by atoms with van der Waals surface area (Å²) in [6, 6.07) is 0. The lowest BCUT2D eigenvalue weighted by Crippen LogP contribution is -2.48. The van der Waals surface area contributed by atoms with Gasteiger partial charge >= 0.3 is 0 Å². The molecule has 0 spiro atoms. The van der Waals surface area contributed by atoms with E-state index in [9.17, 15) is 4.79 Å². The van der Waals surface area contributed by atoms with Crippen LogP contribution in [0.5, 0.6) is 0 Å². The first-order valence-electron chi connectivity index (χ1n) is 5.21. The summed E-state index contributed by atoms with van der Waals surface area (Å²) < 4.78 is 5.40. The van der Waals surface area contributed by atoms with E-state index in [-0.39, 0.29) is 23.5 Å². The first-order valence-corrected chi connectivity index (χ1v) is 5.21. The zero-order chi connectivity index (χ0) is 11.4. The van der Waals surface area contributed by atoms with E-state index in [1.54, 1.807) is 0 Å². The quantitative estimate of drug-likeness (QED) is 0.755. The van der Waals surface area contributed by atoms with Gasteiger partial charge in [-0.3, -0.25) is 4.79 Å². The van der Waals surface area contributed by atoms with Crippen LogP contribution in [0, 0.1) is 5.92 Å². The van der Waals surface area contributed by atoms with E-state index in [0.717, 1.165) is 0 Å². The van der Waals surface area contributed by atoms with Gasteiger partial charge in [-0.1, -0.05) is 13.8 Å². The van der Waals surface area contributed by atoms with E-state index in [4.69, 9.17) is 4.74 Å². The lowest BCUT2D eigenvalue weighted by atomic mass is 10.0. The van der Waals surface area contributed by atoms with Gasteiger partial charge in [0.05, 0.1) is 0 Å². The van der Waals surface area contributed by atoms with Crippen LogP contribution in [0.15, 0.2) is 0 Å². The Morgan fingerprint density at radius 3 is 2.14 bits per heavy atom. The van der Waals surface area contributed by atoms with E-state index in [1.165, 1.54) is 0 Å². The Kier molecular flexibility index (Phi) is 5.13. The Morgan fingerprint density at radius 2 is 1.86 bits per heavy atom. The molecule has 0 aromatic heterocycles. The van der Waals surface area contributed by atoms with Crippen molar-refractivity contribution in [2.75, 3.05) is 6.61 Å². The number of amides is 1. The van der Waals surface area contributed by atoms with Gasteiger partial charge in [0.15, 0.2) is 0 Å². The Hall–Kier alpha value is -0.570. The van der Waals surface area contributed by atoms with Crippen molar-refractivity contribution >= 4 is 5.91 Å². The molecule has 0 aliphatic carbocycles. The Bertz CT molecular complexity index is 182. The van der Waals surface area contributed by atoms with Crippen molar-refractivity contribution in [3.63, 3.8) is 0 Å². The highest BCUT2D eigenvalue weighted by Gasteiger charge is 2.25. The van der Waals surface area contributed by atoms with Crippen LogP contribution >= 0.6 is 0 Å². The summed E-state index contributed by atoms with van der Waals surface area (Å²) in [4.78, 5) is 11.8. The van der Waals surface area contributed by atoms with Crippen molar-refractivity contribution in [2.24, 2.45) is 5.92 Å². The van der Waals surface area contributed by atoms with E-state index in [2.05, 4.69) is 5.32 Å². The molecule has 0 aromatic rings. The van der Waals surface area contributed by atoms with Crippen molar-refractivity contribution < 1.29 is 9.53 Å². The fourth-order valence-electron chi connectivity index (χ4n) is 1.19. The predicted molar refractivity (Wildman–Crippen MR) is 58.1 cm³/mol. The van der Waals surface area contributed by atoms with Crippen LogP contribution in [0.3, 0.4) is 0 Å². The minimum atomic E-state index is -0.334. The van der Waals surface area contributed by atoms with Gasteiger partial charge in [-0.2, -0.15) is 0 Å². The van der Waals surface area contributed by atoms with Gasteiger partial charge < -0.3 is 10.1 Å². The average Bonchev–Trinajstić information content (AvgIpc) is 1.95. The number of carbonyl (C=O) groups excluding carboxylic acids is 1. The summed E-state index contributed by atoms with van der Waals surface area (Å²) in [6.07, 6.45) is -0.334. The van der Waals surface area contributed by atoms with Crippen molar-refractivity contribution in [3.8, 4) is 0 Å². The van der Waals surface area contributed by atoms with Gasteiger partial charge in [-0.15, -0.1) is 0 Å². The molecule has 14 heavy (non-hydrogen) atoms. The fraction of sp³-hybridized carbons (Fsp3) is 0.909. The molecule has 0 radical (unpaired) electrons. The molecule has 0 rings (SSSR count). The number of hydrogen-bond acceptors (Lipinski definition) is 2. The van der Waals surface area contributed by atoms with Gasteiger partial charge in [0.25, 0.3) is 0 Å². The third-order valence-corrected chi connectivity index (χ3v) is 1.71. The monoisotopic (exact) mass is 201 g/mol. The number of hydrogen-bond donors (Lipinski definition) is 1. The topological polar surface area (TPSA) is 38.3 Å². The predicted octanol–water partition coefficient (Wildman–Crippen LogP) is 1.96. The van der Waals surface area contributed by atoms with Crippen LogP contribution in [-0.2, 0) is 9.53 Å². The number of nitrogens with one attached hydrogen (secondary N) is 1.